The summed E-state index contributed by atoms with van der Waals surface area (Å²) in [5.41, 5.74) is 5.98. The average molecular weight is 949 g/mol. The highest BCUT2D eigenvalue weighted by atomic mass is 35.5. The van der Waals surface area contributed by atoms with E-state index < -0.39 is 6.43 Å². The molecule has 5 aromatic rings. The van der Waals surface area contributed by atoms with Gasteiger partial charge in [0.1, 0.15) is 11.8 Å². The summed E-state index contributed by atoms with van der Waals surface area (Å²) < 4.78 is 41.5. The minimum Gasteiger partial charge on any atom is -0.490 e. The topological polar surface area (TPSA) is 142 Å². The number of carbonyl (C=O) groups excluding carboxylic acids is 2. The van der Waals surface area contributed by atoms with Crippen LogP contribution in [-0.2, 0) is 31.2 Å². The summed E-state index contributed by atoms with van der Waals surface area (Å²) in [5.74, 6) is 1.99. The van der Waals surface area contributed by atoms with Crippen LogP contribution < -0.4 is 15.0 Å². The van der Waals surface area contributed by atoms with Gasteiger partial charge in [0.25, 0.3) is 12.3 Å². The summed E-state index contributed by atoms with van der Waals surface area (Å²) in [5, 5.41) is 27.2. The minimum atomic E-state index is -2.67. The van der Waals surface area contributed by atoms with Gasteiger partial charge in [-0.3, -0.25) is 23.6 Å². The van der Waals surface area contributed by atoms with Gasteiger partial charge in [-0.05, 0) is 119 Å². The van der Waals surface area contributed by atoms with E-state index in [1.165, 1.54) is 5.69 Å². The molecule has 358 valence electrons. The largest absolute Gasteiger partial charge is 0.490 e. The highest BCUT2D eigenvalue weighted by Crippen LogP contribution is 2.44. The van der Waals surface area contributed by atoms with Crippen LogP contribution in [0.4, 0.5) is 20.3 Å². The Kier molecular flexibility index (Phi) is 13.3. The van der Waals surface area contributed by atoms with Crippen LogP contribution in [0, 0.1) is 17.2 Å². The Balaban J connectivity index is 0.730. The molecule has 17 heteroatoms. The van der Waals surface area contributed by atoms with Gasteiger partial charge in [0, 0.05) is 106 Å². The van der Waals surface area contributed by atoms with Gasteiger partial charge in [-0.25, -0.2) is 8.78 Å². The lowest BCUT2D eigenvalue weighted by Gasteiger charge is -2.37. The number of carbonyl (C=O) groups is 2. The number of nitriles is 1. The molecule has 1 saturated heterocycles. The molecular weight excluding hydrogens is 888 g/mol. The number of halogens is 3. The van der Waals surface area contributed by atoms with Gasteiger partial charge in [0.15, 0.2) is 5.82 Å². The molecular formula is C51H60ClF2N11O3. The lowest BCUT2D eigenvalue weighted by Crippen LogP contribution is -2.40. The van der Waals surface area contributed by atoms with E-state index in [1.807, 2.05) is 21.8 Å². The molecule has 0 radical (unpaired) electrons. The van der Waals surface area contributed by atoms with Gasteiger partial charge in [-0.1, -0.05) is 11.6 Å². The first kappa shape index (κ1) is 46.0. The maximum absolute atomic E-state index is 14.8. The predicted octanol–water partition coefficient (Wildman–Crippen LogP) is 9.12. The van der Waals surface area contributed by atoms with Crippen LogP contribution in [0.5, 0.6) is 5.75 Å². The van der Waals surface area contributed by atoms with Crippen molar-refractivity contribution in [3.63, 3.8) is 0 Å². The predicted molar refractivity (Wildman–Crippen MR) is 254 cm³/mol. The van der Waals surface area contributed by atoms with Crippen molar-refractivity contribution >= 4 is 34.9 Å². The number of amides is 2. The summed E-state index contributed by atoms with van der Waals surface area (Å²) in [6.07, 6.45) is 14.6. The molecule has 2 amide bonds. The Bertz CT molecular complexity index is 2680. The molecule has 6 heterocycles. The van der Waals surface area contributed by atoms with Crippen LogP contribution in [0.15, 0.2) is 55.0 Å². The molecule has 3 aliphatic heterocycles. The number of hydrogen-bond donors (Lipinski definition) is 1. The number of piperidine rings is 1. The van der Waals surface area contributed by atoms with E-state index in [1.54, 1.807) is 61.4 Å². The van der Waals surface area contributed by atoms with Crippen molar-refractivity contribution in [2.24, 2.45) is 13.0 Å². The van der Waals surface area contributed by atoms with Crippen LogP contribution in [0.25, 0.3) is 11.3 Å². The first-order valence-corrected chi connectivity index (χ1v) is 24.9. The Morgan fingerprint density at radius 3 is 2.44 bits per heavy atom. The molecule has 0 bridgehead atoms. The van der Waals surface area contributed by atoms with Gasteiger partial charge in [0.05, 0.1) is 52.8 Å². The quantitative estimate of drug-likeness (QED) is 0.137. The molecule has 14 nitrogen and oxygen atoms in total. The number of rotatable bonds is 11. The third-order valence-electron chi connectivity index (χ3n) is 15.2. The maximum atomic E-state index is 14.8. The fourth-order valence-corrected chi connectivity index (χ4v) is 11.7. The van der Waals surface area contributed by atoms with Crippen LogP contribution >= 0.6 is 11.6 Å². The number of anilines is 2. The average Bonchev–Trinajstić information content (AvgIpc) is 4.11. The van der Waals surface area contributed by atoms with E-state index in [2.05, 4.69) is 36.1 Å². The lowest BCUT2D eigenvalue weighted by molar-refractivity contribution is -0.129. The van der Waals surface area contributed by atoms with Crippen LogP contribution in [0.3, 0.4) is 0 Å². The second-order valence-corrected chi connectivity index (χ2v) is 20.0. The Morgan fingerprint density at radius 1 is 0.941 bits per heavy atom. The lowest BCUT2D eigenvalue weighted by atomic mass is 9.85. The number of fused-ring (bicyclic) bond motifs is 2. The van der Waals surface area contributed by atoms with Crippen LogP contribution in [0.2, 0.25) is 5.02 Å². The normalized spacial score (nSPS) is 22.4. The SMILES string of the molecule is CC(=O)N1CCc2c(c(N3CCCc4cc(-c5ccn(C)n5)c(C(F)F)cc43)nn2C2CCN(CC3CCC(n4cc(C(=O)NC5CCC(Oc6ccc(C#N)c(Cl)c6)CC5)cn4)CC3)CC2)C1. The van der Waals surface area contributed by atoms with Crippen molar-refractivity contribution in [1.82, 2.24) is 44.5 Å². The summed E-state index contributed by atoms with van der Waals surface area (Å²) in [6.45, 7) is 6.40. The number of nitrogens with zero attached hydrogens (tertiary/aromatic N) is 10. The minimum absolute atomic E-state index is 0.0269. The Labute approximate surface area is 401 Å². The summed E-state index contributed by atoms with van der Waals surface area (Å²) >= 11 is 6.19. The van der Waals surface area contributed by atoms with Gasteiger partial charge in [0.2, 0.25) is 5.91 Å². The number of benzene rings is 2. The summed E-state index contributed by atoms with van der Waals surface area (Å²) in [7, 11) is 1.79. The maximum Gasteiger partial charge on any atom is 0.264 e. The number of aryl methyl sites for hydroxylation is 2. The van der Waals surface area contributed by atoms with Gasteiger partial charge < -0.3 is 24.8 Å². The monoisotopic (exact) mass is 947 g/mol. The number of aromatic nitrogens is 6. The zero-order valence-corrected chi connectivity index (χ0v) is 39.7. The van der Waals surface area contributed by atoms with E-state index in [4.69, 9.17) is 26.7 Å². The molecule has 2 aliphatic carbocycles. The summed E-state index contributed by atoms with van der Waals surface area (Å²) in [6, 6.07) is 13.1. The molecule has 1 N–H and O–H groups in total. The van der Waals surface area contributed by atoms with E-state index in [9.17, 15) is 18.4 Å². The van der Waals surface area contributed by atoms with Crippen molar-refractivity contribution < 1.29 is 23.1 Å². The van der Waals surface area contributed by atoms with Gasteiger partial charge >= 0.3 is 0 Å². The van der Waals surface area contributed by atoms with Gasteiger partial charge in [-0.2, -0.15) is 20.6 Å². The molecule has 5 aliphatic rings. The fourth-order valence-electron chi connectivity index (χ4n) is 11.5. The number of nitrogens with one attached hydrogen (secondary N) is 1. The van der Waals surface area contributed by atoms with Crippen molar-refractivity contribution in [1.29, 1.82) is 5.26 Å². The molecule has 0 spiro atoms. The third-order valence-corrected chi connectivity index (χ3v) is 15.5. The number of likely N-dealkylation sites (tertiary alicyclic amines) is 1. The number of alkyl halides is 2. The Morgan fingerprint density at radius 2 is 1.74 bits per heavy atom. The second-order valence-electron chi connectivity index (χ2n) is 19.6. The smallest absolute Gasteiger partial charge is 0.264 e. The Hall–Kier alpha value is -5.79. The van der Waals surface area contributed by atoms with Crippen LogP contribution in [-0.4, -0.2) is 95.8 Å². The van der Waals surface area contributed by atoms with E-state index >= 15 is 0 Å². The van der Waals surface area contributed by atoms with Gasteiger partial charge in [-0.15, -0.1) is 0 Å². The second kappa shape index (κ2) is 19.7. The van der Waals surface area contributed by atoms with E-state index in [0.29, 0.717) is 65.1 Å². The number of ether oxygens (including phenoxy) is 1. The highest BCUT2D eigenvalue weighted by molar-refractivity contribution is 6.31. The fraction of sp³-hybridized carbons (Fsp3) is 0.529. The van der Waals surface area contributed by atoms with Crippen molar-refractivity contribution in [2.45, 2.75) is 128 Å². The van der Waals surface area contributed by atoms with Crippen molar-refractivity contribution in [2.75, 3.05) is 37.6 Å². The van der Waals surface area contributed by atoms with E-state index in [-0.39, 0.29) is 41.6 Å². The zero-order chi connectivity index (χ0) is 47.1. The zero-order valence-electron chi connectivity index (χ0n) is 38.9. The molecule has 2 saturated carbocycles. The summed E-state index contributed by atoms with van der Waals surface area (Å²) in [4.78, 5) is 32.6. The number of hydrogen-bond acceptors (Lipinski definition) is 9. The molecule has 10 rings (SSSR count). The molecule has 2 aromatic carbocycles. The van der Waals surface area contributed by atoms with Crippen molar-refractivity contribution in [3.05, 3.63) is 93.5 Å². The molecule has 68 heavy (non-hydrogen) atoms. The van der Waals surface area contributed by atoms with Crippen LogP contribution in [0.1, 0.15) is 134 Å². The molecule has 3 fully saturated rings. The first-order chi connectivity index (χ1) is 33.0. The molecule has 0 atom stereocenters. The first-order valence-electron chi connectivity index (χ1n) is 24.5. The highest BCUT2D eigenvalue weighted by Gasteiger charge is 2.36. The van der Waals surface area contributed by atoms with Crippen molar-refractivity contribution in [3.8, 4) is 23.1 Å². The standard InChI is InChI=1S/C51H60ClF2N11O3/c1-32(66)62-23-18-47-44(31-62)50(63-19-3-4-34-24-42(46-17-20-60(2)58-46)43(49(53)54)26-48(34)63)59-65(47)39-15-21-61(22-16-39)29-33-5-10-38(11-6-33)64-30-36(28-56-64)51(67)57-37-8-13-40(14-9-37)68-41-12-7-35(27-55)45(52)25-41/h7,12,17,20,24-26,28,30,33,37-40,49H,3-6,8-11,13-16,18-19,21-23,29,31H2,1-2H3,(H,57,67). The molecule has 3 aromatic heterocycles. The molecule has 0 unspecified atom stereocenters. The van der Waals surface area contributed by atoms with E-state index in [0.717, 1.165) is 119 Å². The third kappa shape index (κ3) is 9.61.